The first kappa shape index (κ1) is 19.5. The number of nitrogens with one attached hydrogen (secondary N) is 1. The molecule has 2 rings (SSSR count). The van der Waals surface area contributed by atoms with Crippen molar-refractivity contribution in [2.45, 2.75) is 17.8 Å². The Balaban J connectivity index is 2.36. The zero-order valence-electron chi connectivity index (χ0n) is 13.3. The molecule has 0 atom stereocenters. The predicted molar refractivity (Wildman–Crippen MR) is 86.7 cm³/mol. The van der Waals surface area contributed by atoms with Crippen LogP contribution in [0, 0.1) is 10.1 Å². The second-order valence-corrected chi connectivity index (χ2v) is 7.17. The molecule has 0 saturated heterocycles. The minimum Gasteiger partial charge on any atom is -0.405 e. The Labute approximate surface area is 146 Å². The van der Waals surface area contributed by atoms with Crippen molar-refractivity contribution in [2.24, 2.45) is 0 Å². The number of para-hydroxylation sites is 2. The van der Waals surface area contributed by atoms with E-state index in [1.807, 2.05) is 0 Å². The van der Waals surface area contributed by atoms with E-state index in [4.69, 9.17) is 0 Å². The summed E-state index contributed by atoms with van der Waals surface area (Å²) in [6, 6.07) is 8.91. The molecule has 2 aromatic carbocycles. The summed E-state index contributed by atoms with van der Waals surface area (Å²) in [4.78, 5) is 9.93. The van der Waals surface area contributed by atoms with E-state index in [2.05, 4.69) is 10.1 Å². The van der Waals surface area contributed by atoms with Crippen LogP contribution in [0.15, 0.2) is 47.4 Å². The fourth-order valence-corrected chi connectivity index (χ4v) is 3.08. The molecule has 26 heavy (non-hydrogen) atoms. The number of hydrogen-bond donors (Lipinski definition) is 1. The summed E-state index contributed by atoms with van der Waals surface area (Å²) in [5.74, 6) is -0.463. The van der Waals surface area contributed by atoms with Crippen molar-refractivity contribution in [1.82, 2.24) is 0 Å². The average Bonchev–Trinajstić information content (AvgIpc) is 2.51. The van der Waals surface area contributed by atoms with Crippen LogP contribution in [0.3, 0.4) is 0 Å². The lowest BCUT2D eigenvalue weighted by Gasteiger charge is -2.14. The summed E-state index contributed by atoms with van der Waals surface area (Å²) in [5.41, 5.74) is -0.729. The smallest absolute Gasteiger partial charge is 0.405 e. The fourth-order valence-electron chi connectivity index (χ4n) is 2.22. The Hall–Kier alpha value is -2.82. The number of nitro benzene ring substituents is 1. The monoisotopic (exact) mass is 390 g/mol. The number of halogens is 3. The van der Waals surface area contributed by atoms with Crippen molar-refractivity contribution in [2.75, 3.05) is 11.6 Å². The number of hydrogen-bond acceptors (Lipinski definition) is 6. The lowest BCUT2D eigenvalue weighted by molar-refractivity contribution is -0.386. The number of rotatable bonds is 6. The second kappa shape index (κ2) is 7.20. The quantitative estimate of drug-likeness (QED) is 0.599. The molecule has 7 nitrogen and oxygen atoms in total. The van der Waals surface area contributed by atoms with Gasteiger partial charge in [-0.05, 0) is 18.2 Å². The van der Waals surface area contributed by atoms with Gasteiger partial charge in [0.15, 0.2) is 9.84 Å². The Morgan fingerprint density at radius 2 is 1.81 bits per heavy atom. The molecular formula is C15H13F3N2O5S. The van der Waals surface area contributed by atoms with E-state index in [1.54, 1.807) is 0 Å². The number of benzene rings is 2. The van der Waals surface area contributed by atoms with Crippen molar-refractivity contribution in [3.05, 3.63) is 58.1 Å². The van der Waals surface area contributed by atoms with Crippen molar-refractivity contribution < 1.29 is 31.2 Å². The zero-order chi connectivity index (χ0) is 19.5. The van der Waals surface area contributed by atoms with E-state index in [0.717, 1.165) is 18.4 Å². The summed E-state index contributed by atoms with van der Waals surface area (Å²) >= 11 is 0. The first-order valence-corrected chi connectivity index (χ1v) is 8.93. The van der Waals surface area contributed by atoms with Gasteiger partial charge >= 0.3 is 12.0 Å². The molecule has 11 heteroatoms. The molecule has 0 aliphatic heterocycles. The first-order valence-electron chi connectivity index (χ1n) is 7.04. The predicted octanol–water partition coefficient (Wildman–Crippen LogP) is 3.51. The maximum atomic E-state index is 12.4. The van der Waals surface area contributed by atoms with Crippen LogP contribution in [0.1, 0.15) is 5.56 Å². The third-order valence-corrected chi connectivity index (χ3v) is 4.38. The van der Waals surface area contributed by atoms with E-state index in [-0.39, 0.29) is 17.8 Å². The van der Waals surface area contributed by atoms with Gasteiger partial charge in [-0.25, -0.2) is 8.42 Å². The van der Waals surface area contributed by atoms with E-state index in [0.29, 0.717) is 0 Å². The van der Waals surface area contributed by atoms with Gasteiger partial charge in [0.1, 0.15) is 16.3 Å². The van der Waals surface area contributed by atoms with Crippen molar-refractivity contribution in [1.29, 1.82) is 0 Å². The summed E-state index contributed by atoms with van der Waals surface area (Å²) in [7, 11) is -3.87. The number of sulfone groups is 1. The Kier molecular flexibility index (Phi) is 5.40. The highest BCUT2D eigenvalue weighted by molar-refractivity contribution is 7.90. The topological polar surface area (TPSA) is 98.5 Å². The molecule has 2 aromatic rings. The number of anilines is 1. The molecule has 1 N–H and O–H groups in total. The van der Waals surface area contributed by atoms with Crippen LogP contribution in [0.2, 0.25) is 0 Å². The molecule has 0 amide bonds. The van der Waals surface area contributed by atoms with Gasteiger partial charge in [-0.15, -0.1) is 13.2 Å². The largest absolute Gasteiger partial charge is 0.573 e. The van der Waals surface area contributed by atoms with Crippen molar-refractivity contribution in [3.8, 4) is 5.75 Å². The first-order chi connectivity index (χ1) is 12.0. The molecule has 140 valence electrons. The zero-order valence-corrected chi connectivity index (χ0v) is 14.1. The highest BCUT2D eigenvalue weighted by Gasteiger charge is 2.32. The highest BCUT2D eigenvalue weighted by atomic mass is 32.2. The van der Waals surface area contributed by atoms with Crippen LogP contribution >= 0.6 is 0 Å². The molecule has 0 aliphatic rings. The summed E-state index contributed by atoms with van der Waals surface area (Å²) in [6.45, 7) is -0.250. The second-order valence-electron chi connectivity index (χ2n) is 5.19. The van der Waals surface area contributed by atoms with Crippen molar-refractivity contribution >= 4 is 21.2 Å². The van der Waals surface area contributed by atoms with Gasteiger partial charge in [0.2, 0.25) is 0 Å². The molecule has 0 fully saturated rings. The normalized spacial score (nSPS) is 11.8. The van der Waals surface area contributed by atoms with Gasteiger partial charge in [-0.3, -0.25) is 10.1 Å². The third kappa shape index (κ3) is 4.85. The van der Waals surface area contributed by atoms with Gasteiger partial charge in [0, 0.05) is 18.4 Å². The number of nitro groups is 1. The summed E-state index contributed by atoms with van der Waals surface area (Å²) < 4.78 is 64.7. The number of ether oxygens (including phenoxy) is 1. The molecular weight excluding hydrogens is 377 g/mol. The Bertz CT molecular complexity index is 929. The van der Waals surface area contributed by atoms with E-state index in [9.17, 15) is 31.7 Å². The lowest BCUT2D eigenvalue weighted by Crippen LogP contribution is -2.18. The van der Waals surface area contributed by atoms with Crippen molar-refractivity contribution in [3.63, 3.8) is 0 Å². The third-order valence-electron chi connectivity index (χ3n) is 3.25. The molecule has 0 radical (unpaired) electrons. The van der Waals surface area contributed by atoms with E-state index < -0.39 is 37.5 Å². The molecule has 0 unspecified atom stereocenters. The lowest BCUT2D eigenvalue weighted by atomic mass is 10.2. The SMILES string of the molecule is CS(=O)(=O)c1cccc(NCc2ccccc2OC(F)(F)F)c1[N+](=O)[O-]. The van der Waals surface area contributed by atoms with Gasteiger partial charge in [-0.2, -0.15) is 0 Å². The van der Waals surface area contributed by atoms with Crippen LogP contribution in [0.4, 0.5) is 24.5 Å². The van der Waals surface area contributed by atoms with Gasteiger partial charge < -0.3 is 10.1 Å². The Morgan fingerprint density at radius 1 is 1.15 bits per heavy atom. The molecule has 0 aliphatic carbocycles. The van der Waals surface area contributed by atoms with Crippen LogP contribution in [0.5, 0.6) is 5.75 Å². The highest BCUT2D eigenvalue weighted by Crippen LogP contribution is 2.33. The number of alkyl halides is 3. The van der Waals surface area contributed by atoms with Gasteiger partial charge in [0.05, 0.1) is 4.92 Å². The average molecular weight is 390 g/mol. The minimum atomic E-state index is -4.89. The molecule has 0 spiro atoms. The summed E-state index contributed by atoms with van der Waals surface area (Å²) in [6.07, 6.45) is -4.07. The number of nitrogens with zero attached hydrogens (tertiary/aromatic N) is 1. The standard InChI is InChI=1S/C15H13F3N2O5S/c1-26(23,24)13-8-4-6-11(14(13)20(21)22)19-9-10-5-2-3-7-12(10)25-15(16,17)18/h2-8,19H,9H2,1H3. The van der Waals surface area contributed by atoms with E-state index >= 15 is 0 Å². The van der Waals surface area contributed by atoms with Gasteiger partial charge in [-0.1, -0.05) is 24.3 Å². The van der Waals surface area contributed by atoms with Gasteiger partial charge in [0.25, 0.3) is 0 Å². The van der Waals surface area contributed by atoms with Crippen LogP contribution in [-0.4, -0.2) is 26.0 Å². The maximum Gasteiger partial charge on any atom is 0.573 e. The molecule has 0 saturated carbocycles. The maximum absolute atomic E-state index is 12.4. The molecule has 0 aromatic heterocycles. The van der Waals surface area contributed by atoms with E-state index in [1.165, 1.54) is 30.3 Å². The van der Waals surface area contributed by atoms with Crippen LogP contribution < -0.4 is 10.1 Å². The molecule has 0 bridgehead atoms. The molecule has 0 heterocycles. The van der Waals surface area contributed by atoms with Crippen LogP contribution in [0.25, 0.3) is 0 Å². The summed E-state index contributed by atoms with van der Waals surface area (Å²) in [5, 5.41) is 13.9. The minimum absolute atomic E-state index is 0.0869. The van der Waals surface area contributed by atoms with Crippen LogP contribution in [-0.2, 0) is 16.4 Å². The Morgan fingerprint density at radius 3 is 2.38 bits per heavy atom. The fraction of sp³-hybridized carbons (Fsp3) is 0.200.